The second-order valence-corrected chi connectivity index (χ2v) is 5.92. The third-order valence-electron chi connectivity index (χ3n) is 3.02. The van der Waals surface area contributed by atoms with E-state index in [-0.39, 0.29) is 18.2 Å². The van der Waals surface area contributed by atoms with E-state index in [0.29, 0.717) is 11.5 Å². The van der Waals surface area contributed by atoms with Gasteiger partial charge in [0.05, 0.1) is 12.3 Å². The van der Waals surface area contributed by atoms with Gasteiger partial charge in [-0.15, -0.1) is 11.8 Å². The van der Waals surface area contributed by atoms with E-state index >= 15 is 0 Å². The van der Waals surface area contributed by atoms with Crippen molar-refractivity contribution in [3.05, 3.63) is 53.0 Å². The number of carbonyl (C=O) groups is 2. The highest BCUT2D eigenvalue weighted by atomic mass is 32.2. The quantitative estimate of drug-likeness (QED) is 0.800. The fraction of sp³-hybridized carbons (Fsp3) is 0.250. The fourth-order valence-electron chi connectivity index (χ4n) is 1.93. The Hall–Kier alpha value is -2.21. The lowest BCUT2D eigenvalue weighted by molar-refractivity contribution is -0.118. The van der Waals surface area contributed by atoms with Crippen molar-refractivity contribution in [2.45, 2.75) is 25.3 Å². The van der Waals surface area contributed by atoms with E-state index in [1.54, 1.807) is 6.07 Å². The van der Waals surface area contributed by atoms with Crippen molar-refractivity contribution in [2.75, 3.05) is 5.75 Å². The van der Waals surface area contributed by atoms with Gasteiger partial charge in [-0.05, 0) is 37.6 Å². The van der Waals surface area contributed by atoms with Crippen LogP contribution in [0.3, 0.4) is 0 Å². The van der Waals surface area contributed by atoms with Crippen LogP contribution in [0.15, 0.2) is 39.6 Å². The van der Waals surface area contributed by atoms with Crippen molar-refractivity contribution >= 4 is 23.6 Å². The second-order valence-electron chi connectivity index (χ2n) is 4.91. The third-order valence-corrected chi connectivity index (χ3v) is 4.20. The van der Waals surface area contributed by atoms with E-state index in [1.165, 1.54) is 23.4 Å². The van der Waals surface area contributed by atoms with Crippen LogP contribution < -0.4 is 5.32 Å². The number of benzene rings is 1. The Kier molecular flexibility index (Phi) is 5.27. The molecule has 1 amide bonds. The van der Waals surface area contributed by atoms with Gasteiger partial charge < -0.3 is 14.8 Å². The first kappa shape index (κ1) is 16.2. The highest BCUT2D eigenvalue weighted by Gasteiger charge is 2.10. The van der Waals surface area contributed by atoms with Gasteiger partial charge in [0.1, 0.15) is 5.76 Å². The maximum Gasteiger partial charge on any atom is 0.371 e. The van der Waals surface area contributed by atoms with E-state index < -0.39 is 5.97 Å². The average molecular weight is 319 g/mol. The molecule has 116 valence electrons. The molecule has 0 aliphatic rings. The molecule has 1 aromatic heterocycles. The average Bonchev–Trinajstić information content (AvgIpc) is 2.93. The van der Waals surface area contributed by atoms with Gasteiger partial charge in [0.15, 0.2) is 0 Å². The van der Waals surface area contributed by atoms with Gasteiger partial charge >= 0.3 is 5.97 Å². The number of thioether (sulfide) groups is 1. The Morgan fingerprint density at radius 3 is 2.64 bits per heavy atom. The maximum absolute atomic E-state index is 11.8. The molecular formula is C16H17NO4S. The molecular weight excluding hydrogens is 302 g/mol. The number of carboxylic acids is 1. The van der Waals surface area contributed by atoms with Crippen molar-refractivity contribution in [1.82, 2.24) is 5.32 Å². The van der Waals surface area contributed by atoms with Gasteiger partial charge in [-0.2, -0.15) is 0 Å². The molecule has 0 aliphatic carbocycles. The number of carboxylic acid groups (broad SMARTS) is 1. The summed E-state index contributed by atoms with van der Waals surface area (Å²) in [4.78, 5) is 23.6. The van der Waals surface area contributed by atoms with Gasteiger partial charge in [-0.25, -0.2) is 4.79 Å². The molecule has 2 aromatic rings. The first-order chi connectivity index (χ1) is 10.5. The largest absolute Gasteiger partial charge is 0.475 e. The number of furan rings is 1. The highest BCUT2D eigenvalue weighted by Crippen LogP contribution is 2.22. The van der Waals surface area contributed by atoms with Gasteiger partial charge in [0, 0.05) is 4.90 Å². The van der Waals surface area contributed by atoms with Crippen molar-refractivity contribution in [3.8, 4) is 0 Å². The number of nitrogens with one attached hydrogen (secondary N) is 1. The van der Waals surface area contributed by atoms with Crippen LogP contribution in [0, 0.1) is 13.8 Å². The Morgan fingerprint density at radius 1 is 1.23 bits per heavy atom. The van der Waals surface area contributed by atoms with E-state index in [4.69, 9.17) is 9.52 Å². The lowest BCUT2D eigenvalue weighted by atomic mass is 10.2. The van der Waals surface area contributed by atoms with Gasteiger partial charge in [-0.3, -0.25) is 4.79 Å². The molecule has 0 aliphatic heterocycles. The van der Waals surface area contributed by atoms with Crippen molar-refractivity contribution < 1.29 is 19.1 Å². The van der Waals surface area contributed by atoms with Crippen LogP contribution in [0.5, 0.6) is 0 Å². The molecule has 22 heavy (non-hydrogen) atoms. The Bertz CT molecular complexity index is 693. The molecule has 0 atom stereocenters. The molecule has 2 rings (SSSR count). The van der Waals surface area contributed by atoms with Crippen LogP contribution in [0.1, 0.15) is 27.4 Å². The number of rotatable bonds is 6. The molecule has 0 fully saturated rings. The Morgan fingerprint density at radius 2 is 2.00 bits per heavy atom. The minimum absolute atomic E-state index is 0.127. The van der Waals surface area contributed by atoms with E-state index in [0.717, 1.165) is 10.5 Å². The van der Waals surface area contributed by atoms with Crippen molar-refractivity contribution in [2.24, 2.45) is 0 Å². The van der Waals surface area contributed by atoms with Gasteiger partial charge in [0.2, 0.25) is 11.7 Å². The number of hydrogen-bond donors (Lipinski definition) is 2. The maximum atomic E-state index is 11.8. The summed E-state index contributed by atoms with van der Waals surface area (Å²) in [5, 5.41) is 11.5. The number of hydrogen-bond acceptors (Lipinski definition) is 4. The summed E-state index contributed by atoms with van der Waals surface area (Å²) in [6.07, 6.45) is 0. The normalized spacial score (nSPS) is 10.5. The summed E-state index contributed by atoms with van der Waals surface area (Å²) in [7, 11) is 0. The number of carbonyl (C=O) groups excluding carboxylic acids is 1. The van der Waals surface area contributed by atoms with Crippen molar-refractivity contribution in [3.63, 3.8) is 0 Å². The van der Waals surface area contributed by atoms with Gasteiger partial charge in [0.25, 0.3) is 0 Å². The summed E-state index contributed by atoms with van der Waals surface area (Å²) in [5.41, 5.74) is 2.34. The minimum atomic E-state index is -1.12. The first-order valence-corrected chi connectivity index (χ1v) is 7.73. The van der Waals surface area contributed by atoms with Crippen LogP contribution >= 0.6 is 11.8 Å². The summed E-state index contributed by atoms with van der Waals surface area (Å²) in [6.45, 7) is 4.23. The summed E-state index contributed by atoms with van der Waals surface area (Å²) >= 11 is 1.47. The van der Waals surface area contributed by atoms with Crippen LogP contribution in [0.25, 0.3) is 0 Å². The number of amides is 1. The molecule has 1 aromatic carbocycles. The van der Waals surface area contributed by atoms with Gasteiger partial charge in [-0.1, -0.05) is 17.7 Å². The minimum Gasteiger partial charge on any atom is -0.475 e. The molecule has 0 bridgehead atoms. The lowest BCUT2D eigenvalue weighted by Crippen LogP contribution is -2.24. The van der Waals surface area contributed by atoms with E-state index in [9.17, 15) is 9.59 Å². The van der Waals surface area contributed by atoms with Crippen molar-refractivity contribution in [1.29, 1.82) is 0 Å². The Balaban J connectivity index is 1.81. The topological polar surface area (TPSA) is 79.5 Å². The molecule has 0 spiro atoms. The molecule has 2 N–H and O–H groups in total. The number of aryl methyl sites for hydroxylation is 2. The summed E-state index contributed by atoms with van der Waals surface area (Å²) in [6, 6.07) is 9.02. The van der Waals surface area contributed by atoms with Crippen LogP contribution in [0.2, 0.25) is 0 Å². The SMILES string of the molecule is Cc1ccc(SCC(=O)NCc2ccc(C(=O)O)o2)c(C)c1. The predicted octanol–water partition coefficient (Wildman–Crippen LogP) is 3.00. The zero-order valence-electron chi connectivity index (χ0n) is 12.4. The highest BCUT2D eigenvalue weighted by molar-refractivity contribution is 8.00. The molecule has 6 heteroatoms. The molecule has 0 saturated carbocycles. The zero-order valence-corrected chi connectivity index (χ0v) is 13.2. The van der Waals surface area contributed by atoms with E-state index in [2.05, 4.69) is 11.4 Å². The van der Waals surface area contributed by atoms with Crippen LogP contribution in [0.4, 0.5) is 0 Å². The van der Waals surface area contributed by atoms with E-state index in [1.807, 2.05) is 26.0 Å². The molecule has 0 unspecified atom stereocenters. The molecule has 5 nitrogen and oxygen atoms in total. The standard InChI is InChI=1S/C16H17NO4S/c1-10-3-6-14(11(2)7-10)22-9-15(18)17-8-12-4-5-13(21-12)16(19)20/h3-7H,8-9H2,1-2H3,(H,17,18)(H,19,20). The van der Waals surface area contributed by atoms with Crippen LogP contribution in [-0.2, 0) is 11.3 Å². The monoisotopic (exact) mass is 319 g/mol. The number of aromatic carboxylic acids is 1. The van der Waals surface area contributed by atoms with Crippen LogP contribution in [-0.4, -0.2) is 22.7 Å². The first-order valence-electron chi connectivity index (χ1n) is 6.74. The smallest absolute Gasteiger partial charge is 0.371 e. The Labute approximate surface area is 132 Å². The second kappa shape index (κ2) is 7.17. The lowest BCUT2D eigenvalue weighted by Gasteiger charge is -2.07. The zero-order chi connectivity index (χ0) is 16.1. The third kappa shape index (κ3) is 4.39. The fourth-order valence-corrected chi connectivity index (χ4v) is 2.77. The summed E-state index contributed by atoms with van der Waals surface area (Å²) in [5.74, 6) is -0.659. The molecule has 0 radical (unpaired) electrons. The molecule has 1 heterocycles. The summed E-state index contributed by atoms with van der Waals surface area (Å²) < 4.78 is 5.07. The predicted molar refractivity (Wildman–Crippen MR) is 84.2 cm³/mol. The molecule has 0 saturated heterocycles.